The molecule has 0 unspecified atom stereocenters. The van der Waals surface area contributed by atoms with E-state index in [1.54, 1.807) is 0 Å². The number of benzene rings is 6. The molecule has 5 heteroatoms. The molecule has 1 N–H and O–H groups in total. The molecule has 2 heterocycles. The van der Waals surface area contributed by atoms with Gasteiger partial charge in [0.2, 0.25) is 0 Å². The minimum absolute atomic E-state index is 0. The number of fused-ring (bicyclic) bond motifs is 1. The van der Waals surface area contributed by atoms with Crippen molar-refractivity contribution >= 4 is 11.0 Å². The monoisotopic (exact) mass is 911 g/mol. The Balaban J connectivity index is 0.00000480. The van der Waals surface area contributed by atoms with E-state index in [0.717, 1.165) is 62.2 Å². The molecule has 4 nitrogen and oxygen atoms in total. The maximum atomic E-state index is 11.9. The quantitative estimate of drug-likeness (QED) is 0.162. The molecule has 0 aliphatic heterocycles. The van der Waals surface area contributed by atoms with Crippen LogP contribution >= 0.6 is 0 Å². The molecular weight excluding hydrogens is 866 g/mol. The van der Waals surface area contributed by atoms with Crippen LogP contribution in [0.3, 0.4) is 0 Å². The van der Waals surface area contributed by atoms with Crippen LogP contribution in [0.2, 0.25) is 0 Å². The summed E-state index contributed by atoms with van der Waals surface area (Å²) >= 11 is 0. The number of aromatic hydroxyl groups is 1. The van der Waals surface area contributed by atoms with E-state index in [4.69, 9.17) is 9.97 Å². The predicted octanol–water partition coefficient (Wildman–Crippen LogP) is 12.8. The van der Waals surface area contributed by atoms with Gasteiger partial charge in [-0.15, -0.1) is 29.3 Å². The fourth-order valence-corrected chi connectivity index (χ4v) is 7.37. The first kappa shape index (κ1) is 38.7. The standard InChI is InChI=1S/C51H46N3O.Pt/c1-50(2,3)40-31-38(30-39(32-40)45-27-26-37(33-52-45)36-19-11-8-12-20-36)42-22-15-25-46-47(42)53-49(43-23-14-24-44(48(43)55)51(4,5)6)54(46)41-21-13-18-35(29-41)28-34-16-9-7-10-17-34;/h7-27,29,31-33,55H,28H2,1-6H3;/q-1;. The molecule has 0 spiro atoms. The Morgan fingerprint density at radius 3 is 1.96 bits per heavy atom. The van der Waals surface area contributed by atoms with Crippen molar-refractivity contribution in [2.75, 3.05) is 0 Å². The van der Waals surface area contributed by atoms with Gasteiger partial charge in [0, 0.05) is 38.6 Å². The molecule has 0 saturated heterocycles. The Morgan fingerprint density at radius 1 is 0.607 bits per heavy atom. The number of imidazole rings is 1. The van der Waals surface area contributed by atoms with Gasteiger partial charge in [0.1, 0.15) is 11.6 Å². The van der Waals surface area contributed by atoms with E-state index >= 15 is 0 Å². The zero-order valence-electron chi connectivity index (χ0n) is 32.7. The second-order valence-corrected chi connectivity index (χ2v) is 16.5. The number of para-hydroxylation sites is 2. The molecule has 0 bridgehead atoms. The Hall–Kier alpha value is -5.57. The van der Waals surface area contributed by atoms with Gasteiger partial charge in [-0.1, -0.05) is 162 Å². The Bertz CT molecular complexity index is 2630. The number of hydrogen-bond acceptors (Lipinski definition) is 3. The van der Waals surface area contributed by atoms with Crippen molar-refractivity contribution in [1.29, 1.82) is 0 Å². The summed E-state index contributed by atoms with van der Waals surface area (Å²) in [5, 5.41) is 11.9. The molecule has 0 atom stereocenters. The molecule has 282 valence electrons. The van der Waals surface area contributed by atoms with Crippen LogP contribution in [0.5, 0.6) is 5.75 Å². The first-order valence-corrected chi connectivity index (χ1v) is 19.0. The van der Waals surface area contributed by atoms with Crippen molar-refractivity contribution in [1.82, 2.24) is 14.5 Å². The number of nitrogens with zero attached hydrogens (tertiary/aromatic N) is 3. The SMILES string of the molecule is CC(C)(C)c1cc(-c2ccc(-c3ccccc3)cn2)[c-]c(-c2cccc3c2nc(-c2cccc(C(C)(C)C)c2O)n3-c2cccc(Cc3ccccc3)c2)c1.[Pt]. The fourth-order valence-electron chi connectivity index (χ4n) is 7.37. The summed E-state index contributed by atoms with van der Waals surface area (Å²) in [5.41, 5.74) is 13.5. The number of rotatable bonds is 7. The van der Waals surface area contributed by atoms with Gasteiger partial charge in [-0.05, 0) is 69.3 Å². The summed E-state index contributed by atoms with van der Waals surface area (Å²) in [4.78, 5) is 10.4. The topological polar surface area (TPSA) is 50.9 Å². The van der Waals surface area contributed by atoms with Crippen molar-refractivity contribution in [2.45, 2.75) is 58.8 Å². The van der Waals surface area contributed by atoms with E-state index in [2.05, 4.69) is 161 Å². The molecule has 0 aliphatic rings. The van der Waals surface area contributed by atoms with Gasteiger partial charge < -0.3 is 5.11 Å². The number of pyridine rings is 1. The summed E-state index contributed by atoms with van der Waals surface area (Å²) in [5.74, 6) is 0.940. The number of phenolic OH excluding ortho intramolecular Hbond substituents is 1. The third-order valence-corrected chi connectivity index (χ3v) is 10.4. The molecule has 0 amide bonds. The van der Waals surface area contributed by atoms with Crippen molar-refractivity contribution in [3.63, 3.8) is 0 Å². The van der Waals surface area contributed by atoms with E-state index in [9.17, 15) is 5.11 Å². The van der Waals surface area contributed by atoms with Crippen LogP contribution in [0, 0.1) is 6.07 Å². The van der Waals surface area contributed by atoms with E-state index in [0.29, 0.717) is 11.4 Å². The second kappa shape index (κ2) is 15.5. The van der Waals surface area contributed by atoms with Gasteiger partial charge in [-0.25, -0.2) is 4.98 Å². The minimum atomic E-state index is -0.260. The summed E-state index contributed by atoms with van der Waals surface area (Å²) < 4.78 is 2.20. The third-order valence-electron chi connectivity index (χ3n) is 10.4. The maximum Gasteiger partial charge on any atom is 0.148 e. The number of aromatic nitrogens is 3. The summed E-state index contributed by atoms with van der Waals surface area (Å²) in [7, 11) is 0. The normalized spacial score (nSPS) is 11.8. The van der Waals surface area contributed by atoms with Crippen LogP contribution in [0.15, 0.2) is 152 Å². The van der Waals surface area contributed by atoms with Gasteiger partial charge >= 0.3 is 0 Å². The number of phenols is 1. The van der Waals surface area contributed by atoms with Crippen LogP contribution in [-0.2, 0) is 38.3 Å². The molecule has 2 aromatic heterocycles. The van der Waals surface area contributed by atoms with Gasteiger partial charge in [0.05, 0.1) is 16.6 Å². The molecule has 0 fully saturated rings. The Labute approximate surface area is 345 Å². The van der Waals surface area contributed by atoms with Crippen molar-refractivity contribution in [3.05, 3.63) is 180 Å². The summed E-state index contributed by atoms with van der Waals surface area (Å²) in [6.45, 7) is 13.1. The van der Waals surface area contributed by atoms with Gasteiger partial charge in [-0.3, -0.25) is 9.55 Å². The molecule has 6 aromatic carbocycles. The molecule has 8 aromatic rings. The minimum Gasteiger partial charge on any atom is -0.507 e. The zero-order chi connectivity index (χ0) is 38.3. The van der Waals surface area contributed by atoms with Crippen LogP contribution in [-0.4, -0.2) is 19.6 Å². The predicted molar refractivity (Wildman–Crippen MR) is 228 cm³/mol. The van der Waals surface area contributed by atoms with Crippen molar-refractivity contribution < 1.29 is 26.2 Å². The van der Waals surface area contributed by atoms with Crippen LogP contribution in [0.1, 0.15) is 63.8 Å². The van der Waals surface area contributed by atoms with E-state index in [-0.39, 0.29) is 37.6 Å². The molecule has 0 radical (unpaired) electrons. The second-order valence-electron chi connectivity index (χ2n) is 16.5. The molecule has 0 aliphatic carbocycles. The molecule has 8 rings (SSSR count). The third kappa shape index (κ3) is 7.77. The maximum absolute atomic E-state index is 11.9. The first-order chi connectivity index (χ1) is 26.4. The van der Waals surface area contributed by atoms with Crippen LogP contribution < -0.4 is 0 Å². The van der Waals surface area contributed by atoms with Crippen molar-refractivity contribution in [2.24, 2.45) is 0 Å². The summed E-state index contributed by atoms with van der Waals surface area (Å²) in [6, 6.07) is 54.4. The molecule has 56 heavy (non-hydrogen) atoms. The average Bonchev–Trinajstić information content (AvgIpc) is 3.58. The Kier molecular flexibility index (Phi) is 10.7. The Morgan fingerprint density at radius 2 is 1.27 bits per heavy atom. The van der Waals surface area contributed by atoms with Crippen LogP contribution in [0.25, 0.3) is 61.6 Å². The number of hydrogen-bond donors (Lipinski definition) is 1. The van der Waals surface area contributed by atoms with Crippen LogP contribution in [0.4, 0.5) is 0 Å². The molecule has 0 saturated carbocycles. The average molecular weight is 912 g/mol. The van der Waals surface area contributed by atoms with E-state index < -0.39 is 0 Å². The van der Waals surface area contributed by atoms with Gasteiger partial charge in [-0.2, -0.15) is 0 Å². The largest absolute Gasteiger partial charge is 0.507 e. The fraction of sp³-hybridized carbons (Fsp3) is 0.176. The zero-order valence-corrected chi connectivity index (χ0v) is 35.0. The van der Waals surface area contributed by atoms with Gasteiger partial charge in [0.15, 0.2) is 0 Å². The first-order valence-electron chi connectivity index (χ1n) is 19.0. The van der Waals surface area contributed by atoms with Gasteiger partial charge in [0.25, 0.3) is 0 Å². The molecular formula is C51H46N3OPt-. The van der Waals surface area contributed by atoms with Crippen molar-refractivity contribution in [3.8, 4) is 56.3 Å². The van der Waals surface area contributed by atoms with E-state index in [1.165, 1.54) is 16.7 Å². The smallest absolute Gasteiger partial charge is 0.148 e. The summed E-state index contributed by atoms with van der Waals surface area (Å²) in [6.07, 6.45) is 2.76. The van der Waals surface area contributed by atoms with E-state index in [1.807, 2.05) is 42.6 Å².